The third kappa shape index (κ3) is 15.6. The van der Waals surface area contributed by atoms with E-state index in [1.807, 2.05) is 0 Å². The van der Waals surface area contributed by atoms with Crippen LogP contribution in [0.5, 0.6) is 0 Å². The van der Waals surface area contributed by atoms with Gasteiger partial charge in [0.05, 0.1) is 0 Å². The number of hydrogen-bond donors (Lipinski definition) is 3. The number of unbranched alkanes of at least 4 members (excludes halogenated alkanes) is 1. The summed E-state index contributed by atoms with van der Waals surface area (Å²) in [6.07, 6.45) is 2.16. The number of carbonyl (C=O) groups is 1. The summed E-state index contributed by atoms with van der Waals surface area (Å²) in [7, 11) is 0. The van der Waals surface area contributed by atoms with Crippen molar-refractivity contribution in [1.29, 1.82) is 0 Å². The normalized spacial score (nSPS) is 10.0. The number of carboxylic acids is 1. The Bertz CT molecular complexity index is 116. The number of aliphatic carboxylic acids is 1. The molecule has 0 aliphatic heterocycles. The number of halogens is 3. The molecule has 0 aliphatic rings. The molecule has 0 aromatic rings. The van der Waals surface area contributed by atoms with E-state index >= 15 is 0 Å². The Hall–Kier alpha value is 0.830. The third-order valence-corrected chi connectivity index (χ3v) is 1.29. The molecule has 4 nitrogen and oxygen atoms in total. The Kier molecular flexibility index (Phi) is 27.7. The Morgan fingerprint density at radius 3 is 2.00 bits per heavy atom. The van der Waals surface area contributed by atoms with Crippen LogP contribution in [0.1, 0.15) is 19.3 Å². The molecule has 1 unspecified atom stereocenters. The monoisotopic (exact) mass is 386 g/mol. The van der Waals surface area contributed by atoms with Gasteiger partial charge < -0.3 is 16.6 Å². The van der Waals surface area contributed by atoms with E-state index in [0.717, 1.165) is 12.8 Å². The smallest absolute Gasteiger partial charge is 0.320 e. The van der Waals surface area contributed by atoms with E-state index in [-0.39, 0.29) is 50.9 Å². The molecule has 0 aromatic carbocycles. The lowest BCUT2D eigenvalue weighted by Crippen LogP contribution is -2.29. The first-order valence-corrected chi connectivity index (χ1v) is 3.37. The maximum Gasteiger partial charge on any atom is 0.320 e. The summed E-state index contributed by atoms with van der Waals surface area (Å²) in [5.74, 6) is -0.933. The van der Waals surface area contributed by atoms with Crippen molar-refractivity contribution in [3.8, 4) is 0 Å². The molecule has 0 radical (unpaired) electrons. The Balaban J connectivity index is -0.000000135. The van der Waals surface area contributed by atoms with Crippen LogP contribution in [0.25, 0.3) is 0 Å². The Labute approximate surface area is 110 Å². The lowest BCUT2D eigenvalue weighted by atomic mass is 10.1. The summed E-state index contributed by atoms with van der Waals surface area (Å²) in [6.45, 7) is 0.604. The van der Waals surface area contributed by atoms with E-state index in [0.29, 0.717) is 13.0 Å². The van der Waals surface area contributed by atoms with Gasteiger partial charge in [-0.15, -0.1) is 50.9 Å². The molecule has 0 aromatic heterocycles. The molecule has 0 bridgehead atoms. The van der Waals surface area contributed by atoms with Crippen molar-refractivity contribution in [2.24, 2.45) is 11.5 Å². The SMILES string of the molecule is Br.Br.Br.NCCCCC(N)C(=O)O. The highest BCUT2D eigenvalue weighted by Crippen LogP contribution is 1.96. The molecule has 0 saturated carbocycles. The summed E-state index contributed by atoms with van der Waals surface area (Å²) < 4.78 is 0. The molecule has 84 valence electrons. The van der Waals surface area contributed by atoms with Gasteiger partial charge in [-0.3, -0.25) is 4.79 Å². The molecular weight excluding hydrogens is 372 g/mol. The fraction of sp³-hybridized carbons (Fsp3) is 0.833. The van der Waals surface area contributed by atoms with Crippen molar-refractivity contribution in [3.63, 3.8) is 0 Å². The van der Waals surface area contributed by atoms with E-state index < -0.39 is 12.0 Å². The molecule has 0 saturated heterocycles. The van der Waals surface area contributed by atoms with Gasteiger partial charge in [0.15, 0.2) is 0 Å². The van der Waals surface area contributed by atoms with E-state index in [1.165, 1.54) is 0 Å². The topological polar surface area (TPSA) is 89.3 Å². The maximum absolute atomic E-state index is 10.1. The maximum atomic E-state index is 10.1. The second kappa shape index (κ2) is 15.3. The summed E-state index contributed by atoms with van der Waals surface area (Å²) in [4.78, 5) is 10.1. The number of carboxylic acid groups (broad SMARTS) is 1. The molecule has 13 heavy (non-hydrogen) atoms. The minimum Gasteiger partial charge on any atom is -0.480 e. The second-order valence-electron chi connectivity index (χ2n) is 2.23. The van der Waals surface area contributed by atoms with Gasteiger partial charge in [0.2, 0.25) is 0 Å². The van der Waals surface area contributed by atoms with Crippen molar-refractivity contribution in [3.05, 3.63) is 0 Å². The first-order chi connectivity index (χ1) is 4.68. The van der Waals surface area contributed by atoms with Crippen molar-refractivity contribution in [1.82, 2.24) is 0 Å². The number of nitrogens with two attached hydrogens (primary N) is 2. The Morgan fingerprint density at radius 1 is 1.23 bits per heavy atom. The zero-order chi connectivity index (χ0) is 7.98. The minimum atomic E-state index is -0.933. The van der Waals surface area contributed by atoms with Crippen LogP contribution in [0.15, 0.2) is 0 Å². The van der Waals surface area contributed by atoms with Gasteiger partial charge in [0.25, 0.3) is 0 Å². The lowest BCUT2D eigenvalue weighted by Gasteiger charge is -2.03. The molecule has 7 heteroatoms. The van der Waals surface area contributed by atoms with Crippen molar-refractivity contribution in [2.75, 3.05) is 6.54 Å². The van der Waals surface area contributed by atoms with Crippen molar-refractivity contribution >= 4 is 56.9 Å². The van der Waals surface area contributed by atoms with Crippen LogP contribution in [0.2, 0.25) is 0 Å². The van der Waals surface area contributed by atoms with Gasteiger partial charge in [0, 0.05) is 0 Å². The highest BCUT2D eigenvalue weighted by Gasteiger charge is 2.09. The van der Waals surface area contributed by atoms with Gasteiger partial charge >= 0.3 is 5.97 Å². The average molecular weight is 389 g/mol. The predicted octanol–water partition coefficient (Wildman–Crippen LogP) is 1.26. The van der Waals surface area contributed by atoms with Crippen LogP contribution in [0.4, 0.5) is 0 Å². The van der Waals surface area contributed by atoms with Crippen molar-refractivity contribution in [2.45, 2.75) is 25.3 Å². The highest BCUT2D eigenvalue weighted by atomic mass is 79.9. The van der Waals surface area contributed by atoms with Crippen LogP contribution in [0, 0.1) is 0 Å². The molecule has 1 atom stereocenters. The zero-order valence-corrected chi connectivity index (χ0v) is 12.3. The molecule has 0 heterocycles. The quantitative estimate of drug-likeness (QED) is 0.618. The van der Waals surface area contributed by atoms with Gasteiger partial charge in [0.1, 0.15) is 6.04 Å². The number of hydrogen-bond acceptors (Lipinski definition) is 3. The Morgan fingerprint density at radius 2 is 1.69 bits per heavy atom. The van der Waals surface area contributed by atoms with Gasteiger partial charge in [-0.1, -0.05) is 6.42 Å². The van der Waals surface area contributed by atoms with Crippen LogP contribution >= 0.6 is 50.9 Å². The molecule has 0 spiro atoms. The van der Waals surface area contributed by atoms with Crippen LogP contribution in [-0.2, 0) is 4.79 Å². The van der Waals surface area contributed by atoms with E-state index in [1.54, 1.807) is 0 Å². The third-order valence-electron chi connectivity index (χ3n) is 1.29. The fourth-order valence-corrected chi connectivity index (χ4v) is 0.632. The summed E-state index contributed by atoms with van der Waals surface area (Å²) in [6, 6.07) is -0.716. The molecule has 0 aliphatic carbocycles. The van der Waals surface area contributed by atoms with E-state index in [4.69, 9.17) is 16.6 Å². The first kappa shape index (κ1) is 23.6. The highest BCUT2D eigenvalue weighted by molar-refractivity contribution is 8.93. The number of rotatable bonds is 5. The predicted molar refractivity (Wildman–Crippen MR) is 69.5 cm³/mol. The molecule has 0 rings (SSSR count). The summed E-state index contributed by atoms with van der Waals surface area (Å²) >= 11 is 0. The zero-order valence-electron chi connectivity index (χ0n) is 7.14. The van der Waals surface area contributed by atoms with Crippen LogP contribution in [-0.4, -0.2) is 23.7 Å². The second-order valence-corrected chi connectivity index (χ2v) is 2.23. The molecular formula is C6H17Br3N2O2. The van der Waals surface area contributed by atoms with Crippen LogP contribution < -0.4 is 11.5 Å². The van der Waals surface area contributed by atoms with Gasteiger partial charge in [-0.25, -0.2) is 0 Å². The molecule has 0 fully saturated rings. The lowest BCUT2D eigenvalue weighted by molar-refractivity contribution is -0.138. The molecule has 0 amide bonds. The first-order valence-electron chi connectivity index (χ1n) is 3.37. The van der Waals surface area contributed by atoms with E-state index in [9.17, 15) is 4.79 Å². The van der Waals surface area contributed by atoms with Gasteiger partial charge in [-0.2, -0.15) is 0 Å². The fourth-order valence-electron chi connectivity index (χ4n) is 0.632. The summed E-state index contributed by atoms with van der Waals surface area (Å²) in [5.41, 5.74) is 10.4. The standard InChI is InChI=1S/C6H14N2O2.3BrH/c7-4-2-1-3-5(8)6(9)10;;;/h5H,1-4,7-8H2,(H,9,10);3*1H. The van der Waals surface area contributed by atoms with Crippen LogP contribution in [0.3, 0.4) is 0 Å². The largest absolute Gasteiger partial charge is 0.480 e. The minimum absolute atomic E-state index is 0. The van der Waals surface area contributed by atoms with Crippen molar-refractivity contribution < 1.29 is 9.90 Å². The van der Waals surface area contributed by atoms with E-state index in [2.05, 4.69) is 0 Å². The van der Waals surface area contributed by atoms with Gasteiger partial charge in [-0.05, 0) is 19.4 Å². The molecule has 5 N–H and O–H groups in total. The average Bonchev–Trinajstić information content (AvgIpc) is 1.88. The summed E-state index contributed by atoms with van der Waals surface area (Å²) in [5, 5.41) is 8.33.